The number of rotatable bonds is 5. The van der Waals surface area contributed by atoms with Crippen LogP contribution in [-0.4, -0.2) is 52.0 Å². The summed E-state index contributed by atoms with van der Waals surface area (Å²) in [5.41, 5.74) is 0.883. The second kappa shape index (κ2) is 7.37. The Morgan fingerprint density at radius 3 is 2.69 bits per heavy atom. The van der Waals surface area contributed by atoms with Gasteiger partial charge in [-0.25, -0.2) is 0 Å². The lowest BCUT2D eigenvalue weighted by molar-refractivity contribution is -0.132. The van der Waals surface area contributed by atoms with E-state index in [1.165, 1.54) is 12.8 Å². The van der Waals surface area contributed by atoms with Crippen LogP contribution in [0, 0.1) is 0 Å². The third-order valence-electron chi connectivity index (χ3n) is 5.27. The van der Waals surface area contributed by atoms with Gasteiger partial charge < -0.3 is 9.42 Å². The number of halogens is 1. The van der Waals surface area contributed by atoms with Crippen molar-refractivity contribution in [3.63, 3.8) is 0 Å². The lowest BCUT2D eigenvalue weighted by Crippen LogP contribution is -2.49. The molecule has 1 unspecified atom stereocenters. The van der Waals surface area contributed by atoms with Crippen LogP contribution >= 0.6 is 11.6 Å². The van der Waals surface area contributed by atoms with Gasteiger partial charge in [-0.2, -0.15) is 4.98 Å². The second-order valence-corrected chi connectivity index (χ2v) is 7.53. The molecule has 1 aromatic heterocycles. The number of nitrogens with zero attached hydrogens (tertiary/aromatic N) is 4. The Bertz CT molecular complexity index is 781. The maximum Gasteiger partial charge on any atom is 0.243 e. The number of hydrogen-bond donors (Lipinski definition) is 0. The number of carbonyl (C=O) groups excluding carboxylic acids is 1. The molecule has 6 nitrogen and oxygen atoms in total. The smallest absolute Gasteiger partial charge is 0.243 e. The van der Waals surface area contributed by atoms with E-state index >= 15 is 0 Å². The SMILES string of the molecule is CC(c1nc(C2CC2)no1)N1CCN(C(=O)Cc2ccccc2Cl)CC1. The van der Waals surface area contributed by atoms with Crippen molar-refractivity contribution >= 4 is 17.5 Å². The third-order valence-corrected chi connectivity index (χ3v) is 5.64. The summed E-state index contributed by atoms with van der Waals surface area (Å²) >= 11 is 6.17. The standard InChI is InChI=1S/C19H23ClN4O2/c1-13(19-21-18(22-26-19)14-6-7-14)23-8-10-24(11-9-23)17(25)12-15-4-2-3-5-16(15)20/h2-5,13-14H,6-12H2,1H3. The first-order chi connectivity index (χ1) is 12.6. The van der Waals surface area contributed by atoms with E-state index in [2.05, 4.69) is 22.0 Å². The maximum atomic E-state index is 12.6. The van der Waals surface area contributed by atoms with Crippen LogP contribution in [0.1, 0.15) is 49.0 Å². The molecule has 7 heteroatoms. The zero-order valence-corrected chi connectivity index (χ0v) is 15.7. The summed E-state index contributed by atoms with van der Waals surface area (Å²) in [5.74, 6) is 2.15. The van der Waals surface area contributed by atoms with E-state index in [1.807, 2.05) is 29.2 Å². The fraction of sp³-hybridized carbons (Fsp3) is 0.526. The van der Waals surface area contributed by atoms with Crippen molar-refractivity contribution in [2.24, 2.45) is 0 Å². The molecule has 0 N–H and O–H groups in total. The Balaban J connectivity index is 1.31. The van der Waals surface area contributed by atoms with Gasteiger partial charge in [0.05, 0.1) is 12.5 Å². The number of piperazine rings is 1. The highest BCUT2D eigenvalue weighted by molar-refractivity contribution is 6.31. The fourth-order valence-corrected chi connectivity index (χ4v) is 3.56. The van der Waals surface area contributed by atoms with Gasteiger partial charge in [-0.1, -0.05) is 35.0 Å². The number of benzene rings is 1. The van der Waals surface area contributed by atoms with Gasteiger partial charge in [-0.3, -0.25) is 9.69 Å². The average Bonchev–Trinajstić information content (AvgIpc) is 3.40. The second-order valence-electron chi connectivity index (χ2n) is 7.13. The maximum absolute atomic E-state index is 12.6. The fourth-order valence-electron chi connectivity index (χ4n) is 3.36. The van der Waals surface area contributed by atoms with E-state index in [-0.39, 0.29) is 11.9 Å². The highest BCUT2D eigenvalue weighted by atomic mass is 35.5. The zero-order valence-electron chi connectivity index (χ0n) is 14.9. The van der Waals surface area contributed by atoms with Crippen LogP contribution in [0.5, 0.6) is 0 Å². The van der Waals surface area contributed by atoms with Crippen molar-refractivity contribution in [1.29, 1.82) is 0 Å². The van der Waals surface area contributed by atoms with Crippen molar-refractivity contribution < 1.29 is 9.32 Å². The lowest BCUT2D eigenvalue weighted by Gasteiger charge is -2.36. The Morgan fingerprint density at radius 2 is 2.00 bits per heavy atom. The van der Waals surface area contributed by atoms with Crippen molar-refractivity contribution in [3.8, 4) is 0 Å². The highest BCUT2D eigenvalue weighted by Gasteiger charge is 2.32. The molecule has 1 aliphatic carbocycles. The van der Waals surface area contributed by atoms with Gasteiger partial charge in [0, 0.05) is 37.1 Å². The van der Waals surface area contributed by atoms with Crippen molar-refractivity contribution in [2.45, 2.75) is 38.1 Å². The molecule has 1 aromatic carbocycles. The molecule has 0 bridgehead atoms. The molecule has 2 aliphatic rings. The van der Waals surface area contributed by atoms with E-state index in [0.717, 1.165) is 24.5 Å². The quantitative estimate of drug-likeness (QED) is 0.804. The summed E-state index contributed by atoms with van der Waals surface area (Å²) in [6, 6.07) is 7.60. The average molecular weight is 375 g/mol. The van der Waals surface area contributed by atoms with Gasteiger partial charge in [0.1, 0.15) is 0 Å². The molecule has 2 heterocycles. The zero-order chi connectivity index (χ0) is 18.1. The van der Waals surface area contributed by atoms with E-state index in [0.29, 0.717) is 36.3 Å². The summed E-state index contributed by atoms with van der Waals surface area (Å²) in [4.78, 5) is 21.3. The van der Waals surface area contributed by atoms with Gasteiger partial charge in [0.25, 0.3) is 0 Å². The first-order valence-corrected chi connectivity index (χ1v) is 9.58. The van der Waals surface area contributed by atoms with E-state index < -0.39 is 0 Å². The van der Waals surface area contributed by atoms with Crippen molar-refractivity contribution in [3.05, 3.63) is 46.6 Å². The molecule has 138 valence electrons. The summed E-state index contributed by atoms with van der Waals surface area (Å²) in [5, 5.41) is 4.75. The predicted octanol–water partition coefficient (Wildman–Crippen LogP) is 3.05. The summed E-state index contributed by atoms with van der Waals surface area (Å²) in [7, 11) is 0. The topological polar surface area (TPSA) is 62.5 Å². The van der Waals surface area contributed by atoms with Gasteiger partial charge in [-0.15, -0.1) is 0 Å². The molecule has 4 rings (SSSR count). The molecule has 1 amide bonds. The van der Waals surface area contributed by atoms with Crippen LogP contribution < -0.4 is 0 Å². The van der Waals surface area contributed by atoms with Crippen LogP contribution in [0.3, 0.4) is 0 Å². The van der Waals surface area contributed by atoms with E-state index in [4.69, 9.17) is 16.1 Å². The van der Waals surface area contributed by atoms with Gasteiger partial charge >= 0.3 is 0 Å². The third kappa shape index (κ3) is 3.76. The molecule has 2 fully saturated rings. The van der Waals surface area contributed by atoms with Crippen molar-refractivity contribution in [2.75, 3.05) is 26.2 Å². The molecule has 1 atom stereocenters. The Morgan fingerprint density at radius 1 is 1.27 bits per heavy atom. The number of hydrogen-bond acceptors (Lipinski definition) is 5. The molecule has 26 heavy (non-hydrogen) atoms. The molecular weight excluding hydrogens is 352 g/mol. The minimum atomic E-state index is 0.0795. The number of carbonyl (C=O) groups is 1. The van der Waals surface area contributed by atoms with E-state index in [1.54, 1.807) is 0 Å². The molecule has 1 saturated carbocycles. The molecule has 1 aliphatic heterocycles. The predicted molar refractivity (Wildman–Crippen MR) is 98.0 cm³/mol. The minimum Gasteiger partial charge on any atom is -0.340 e. The van der Waals surface area contributed by atoms with Crippen LogP contribution in [0.4, 0.5) is 0 Å². The highest BCUT2D eigenvalue weighted by Crippen LogP contribution is 2.38. The van der Waals surface area contributed by atoms with Gasteiger partial charge in [0.2, 0.25) is 11.8 Å². The normalized spacial score (nSPS) is 19.5. The van der Waals surface area contributed by atoms with Crippen LogP contribution in [0.15, 0.2) is 28.8 Å². The van der Waals surface area contributed by atoms with Crippen LogP contribution in [0.25, 0.3) is 0 Å². The Hall–Kier alpha value is -1.92. The lowest BCUT2D eigenvalue weighted by atomic mass is 10.1. The summed E-state index contributed by atoms with van der Waals surface area (Å²) < 4.78 is 5.45. The number of amides is 1. The minimum absolute atomic E-state index is 0.0795. The summed E-state index contributed by atoms with van der Waals surface area (Å²) in [6.45, 7) is 5.10. The van der Waals surface area contributed by atoms with Crippen LogP contribution in [0.2, 0.25) is 5.02 Å². The van der Waals surface area contributed by atoms with E-state index in [9.17, 15) is 4.79 Å². The number of aromatic nitrogens is 2. The first kappa shape index (κ1) is 17.5. The molecule has 0 radical (unpaired) electrons. The largest absolute Gasteiger partial charge is 0.340 e. The monoisotopic (exact) mass is 374 g/mol. The molecule has 1 saturated heterocycles. The first-order valence-electron chi connectivity index (χ1n) is 9.20. The summed E-state index contributed by atoms with van der Waals surface area (Å²) in [6.07, 6.45) is 2.68. The van der Waals surface area contributed by atoms with Gasteiger partial charge in [0.15, 0.2) is 5.82 Å². The molecular formula is C19H23ClN4O2. The Labute approximate surface area is 158 Å². The molecule has 0 spiro atoms. The van der Waals surface area contributed by atoms with Crippen molar-refractivity contribution in [1.82, 2.24) is 19.9 Å². The Kier molecular flexibility index (Phi) is 4.96. The van der Waals surface area contributed by atoms with Crippen LogP contribution in [-0.2, 0) is 11.2 Å². The molecule has 2 aromatic rings. The van der Waals surface area contributed by atoms with Gasteiger partial charge in [-0.05, 0) is 31.4 Å².